The number of benzene rings is 1. The summed E-state index contributed by atoms with van der Waals surface area (Å²) in [5.74, 6) is 1.38. The number of amides is 2. The molecule has 2 aliphatic heterocycles. The third-order valence-corrected chi connectivity index (χ3v) is 6.90. The number of carbonyl (C=O) groups is 2. The Morgan fingerprint density at radius 1 is 1.00 bits per heavy atom. The molecule has 0 saturated carbocycles. The van der Waals surface area contributed by atoms with Crippen molar-refractivity contribution in [1.82, 2.24) is 9.80 Å². The maximum Gasteiger partial charge on any atom is 0.254 e. The Balaban J connectivity index is 1.39. The Bertz CT molecular complexity index is 868. The average Bonchev–Trinajstić information content (AvgIpc) is 3.49. The van der Waals surface area contributed by atoms with E-state index in [1.807, 2.05) is 4.90 Å². The topological polar surface area (TPSA) is 59.1 Å². The molecule has 1 unspecified atom stereocenters. The molecule has 0 bridgehead atoms. The zero-order valence-electron chi connectivity index (χ0n) is 17.5. The molecule has 0 radical (unpaired) electrons. The van der Waals surface area contributed by atoms with Crippen molar-refractivity contribution in [1.29, 1.82) is 0 Å². The van der Waals surface area contributed by atoms with Crippen molar-refractivity contribution >= 4 is 23.2 Å². The maximum atomic E-state index is 13.2. The predicted octanol–water partition coefficient (Wildman–Crippen LogP) is 3.98. The van der Waals surface area contributed by atoms with Gasteiger partial charge in [-0.2, -0.15) is 11.3 Å². The van der Waals surface area contributed by atoms with E-state index >= 15 is 0 Å². The number of carbonyl (C=O) groups excluding carboxylic acids is 2. The summed E-state index contributed by atoms with van der Waals surface area (Å²) in [6.07, 6.45) is 3.51. The smallest absolute Gasteiger partial charge is 0.254 e. The second-order valence-electron chi connectivity index (χ2n) is 7.91. The maximum absolute atomic E-state index is 13.2. The highest BCUT2D eigenvalue weighted by Gasteiger charge is 2.36. The molecule has 1 atom stereocenters. The zero-order chi connectivity index (χ0) is 21.1. The van der Waals surface area contributed by atoms with E-state index < -0.39 is 0 Å². The van der Waals surface area contributed by atoms with Crippen molar-refractivity contribution in [3.63, 3.8) is 0 Å². The quantitative estimate of drug-likeness (QED) is 0.723. The molecule has 1 aromatic heterocycles. The summed E-state index contributed by atoms with van der Waals surface area (Å²) in [4.78, 5) is 30.1. The van der Waals surface area contributed by atoms with Gasteiger partial charge in [-0.25, -0.2) is 0 Å². The SMILES string of the molecule is COc1cc(OC)cc(C(=O)N2CCC(C(=O)N3CCCC3c3ccsc3)CC2)c1. The Kier molecular flexibility index (Phi) is 6.27. The summed E-state index contributed by atoms with van der Waals surface area (Å²) in [6.45, 7) is 2.01. The first-order valence-electron chi connectivity index (χ1n) is 10.5. The van der Waals surface area contributed by atoms with Gasteiger partial charge < -0.3 is 19.3 Å². The van der Waals surface area contributed by atoms with Crippen LogP contribution in [0.2, 0.25) is 0 Å². The molecule has 2 saturated heterocycles. The van der Waals surface area contributed by atoms with Crippen LogP contribution in [0.1, 0.15) is 47.6 Å². The predicted molar refractivity (Wildman–Crippen MR) is 116 cm³/mol. The van der Waals surface area contributed by atoms with Crippen LogP contribution in [0.15, 0.2) is 35.0 Å². The van der Waals surface area contributed by atoms with Gasteiger partial charge >= 0.3 is 0 Å². The minimum absolute atomic E-state index is 0.00636. The lowest BCUT2D eigenvalue weighted by Crippen LogP contribution is -2.44. The molecule has 6 nitrogen and oxygen atoms in total. The lowest BCUT2D eigenvalue weighted by molar-refractivity contribution is -0.137. The van der Waals surface area contributed by atoms with Gasteiger partial charge in [0.1, 0.15) is 11.5 Å². The monoisotopic (exact) mass is 428 g/mol. The molecule has 3 heterocycles. The van der Waals surface area contributed by atoms with Gasteiger partial charge in [0.05, 0.1) is 20.3 Å². The third kappa shape index (κ3) is 4.17. The number of piperidine rings is 1. The molecule has 160 valence electrons. The van der Waals surface area contributed by atoms with Crippen LogP contribution in [-0.4, -0.2) is 55.5 Å². The van der Waals surface area contributed by atoms with Crippen LogP contribution in [0.25, 0.3) is 0 Å². The number of ether oxygens (including phenoxy) is 2. The molecule has 2 aromatic rings. The van der Waals surface area contributed by atoms with Gasteiger partial charge in [-0.3, -0.25) is 9.59 Å². The first kappa shape index (κ1) is 20.7. The van der Waals surface area contributed by atoms with Crippen LogP contribution in [0.3, 0.4) is 0 Å². The highest BCUT2D eigenvalue weighted by atomic mass is 32.1. The number of hydrogen-bond acceptors (Lipinski definition) is 5. The van der Waals surface area contributed by atoms with Gasteiger partial charge in [0, 0.05) is 37.2 Å². The van der Waals surface area contributed by atoms with Crippen LogP contribution in [0, 0.1) is 5.92 Å². The summed E-state index contributed by atoms with van der Waals surface area (Å²) in [7, 11) is 3.14. The van der Waals surface area contributed by atoms with E-state index in [9.17, 15) is 9.59 Å². The lowest BCUT2D eigenvalue weighted by Gasteiger charge is -2.35. The number of nitrogens with zero attached hydrogens (tertiary/aromatic N) is 2. The molecule has 2 aliphatic rings. The average molecular weight is 429 g/mol. The molecule has 2 fully saturated rings. The Morgan fingerprint density at radius 3 is 2.30 bits per heavy atom. The summed E-state index contributed by atoms with van der Waals surface area (Å²) in [5.41, 5.74) is 1.80. The van der Waals surface area contributed by atoms with Crippen molar-refractivity contribution in [3.8, 4) is 11.5 Å². The van der Waals surface area contributed by atoms with E-state index in [0.29, 0.717) is 43.0 Å². The van der Waals surface area contributed by atoms with E-state index in [2.05, 4.69) is 21.7 Å². The summed E-state index contributed by atoms with van der Waals surface area (Å²) < 4.78 is 10.6. The molecule has 0 N–H and O–H groups in total. The lowest BCUT2D eigenvalue weighted by atomic mass is 9.94. The number of likely N-dealkylation sites (tertiary alicyclic amines) is 2. The minimum Gasteiger partial charge on any atom is -0.497 e. The van der Waals surface area contributed by atoms with Crippen molar-refractivity contribution in [2.24, 2.45) is 5.92 Å². The van der Waals surface area contributed by atoms with Gasteiger partial charge in [0.15, 0.2) is 0 Å². The minimum atomic E-state index is -0.0459. The number of rotatable bonds is 5. The van der Waals surface area contributed by atoms with Gasteiger partial charge in [-0.1, -0.05) is 0 Å². The molecule has 30 heavy (non-hydrogen) atoms. The largest absolute Gasteiger partial charge is 0.497 e. The van der Waals surface area contributed by atoms with Crippen molar-refractivity contribution in [2.45, 2.75) is 31.7 Å². The number of methoxy groups -OCH3 is 2. The van der Waals surface area contributed by atoms with Crippen molar-refractivity contribution in [3.05, 3.63) is 46.2 Å². The molecule has 4 rings (SSSR count). The fourth-order valence-electron chi connectivity index (χ4n) is 4.52. The Morgan fingerprint density at radius 2 is 1.70 bits per heavy atom. The molecule has 2 amide bonds. The summed E-state index contributed by atoms with van der Waals surface area (Å²) >= 11 is 1.68. The summed E-state index contributed by atoms with van der Waals surface area (Å²) in [6, 6.07) is 7.56. The summed E-state index contributed by atoms with van der Waals surface area (Å²) in [5, 5.41) is 4.23. The van der Waals surface area contributed by atoms with Crippen molar-refractivity contribution < 1.29 is 19.1 Å². The van der Waals surface area contributed by atoms with Crippen LogP contribution in [-0.2, 0) is 4.79 Å². The van der Waals surface area contributed by atoms with Crippen LogP contribution in [0.5, 0.6) is 11.5 Å². The van der Waals surface area contributed by atoms with Crippen LogP contribution < -0.4 is 9.47 Å². The molecule has 0 aliphatic carbocycles. The Hall–Kier alpha value is -2.54. The van der Waals surface area contributed by atoms with Crippen LogP contribution >= 0.6 is 11.3 Å². The molecule has 1 aromatic carbocycles. The highest BCUT2D eigenvalue weighted by Crippen LogP contribution is 2.35. The standard InChI is InChI=1S/C23H28N2O4S/c1-28-19-12-18(13-20(14-19)29-2)22(26)24-9-5-16(6-10-24)23(27)25-8-3-4-21(25)17-7-11-30-15-17/h7,11-16,21H,3-6,8-10H2,1-2H3. The van der Waals surface area contributed by atoms with Crippen molar-refractivity contribution in [2.75, 3.05) is 33.9 Å². The second kappa shape index (κ2) is 9.08. The van der Waals surface area contributed by atoms with Gasteiger partial charge in [-0.05, 0) is 60.2 Å². The fraction of sp³-hybridized carbons (Fsp3) is 0.478. The third-order valence-electron chi connectivity index (χ3n) is 6.19. The second-order valence-corrected chi connectivity index (χ2v) is 8.69. The normalized spacial score (nSPS) is 19.7. The van der Waals surface area contributed by atoms with E-state index in [-0.39, 0.29) is 23.8 Å². The van der Waals surface area contributed by atoms with E-state index in [1.54, 1.807) is 43.8 Å². The molecular formula is C23H28N2O4S. The van der Waals surface area contributed by atoms with E-state index in [0.717, 1.165) is 19.4 Å². The zero-order valence-corrected chi connectivity index (χ0v) is 18.3. The first-order valence-corrected chi connectivity index (χ1v) is 11.4. The molecule has 7 heteroatoms. The first-order chi connectivity index (χ1) is 14.6. The van der Waals surface area contributed by atoms with Gasteiger partial charge in [0.25, 0.3) is 5.91 Å². The van der Waals surface area contributed by atoms with E-state index in [1.165, 1.54) is 5.56 Å². The molecular weight excluding hydrogens is 400 g/mol. The van der Waals surface area contributed by atoms with Gasteiger partial charge in [0.2, 0.25) is 5.91 Å². The highest BCUT2D eigenvalue weighted by molar-refractivity contribution is 7.08. The molecule has 0 spiro atoms. The van der Waals surface area contributed by atoms with Gasteiger partial charge in [-0.15, -0.1) is 0 Å². The van der Waals surface area contributed by atoms with Crippen LogP contribution in [0.4, 0.5) is 0 Å². The fourth-order valence-corrected chi connectivity index (χ4v) is 5.23. The number of hydrogen-bond donors (Lipinski definition) is 0. The number of thiophene rings is 1. The van der Waals surface area contributed by atoms with E-state index in [4.69, 9.17) is 9.47 Å². The Labute approximate surface area is 181 Å².